The van der Waals surface area contributed by atoms with Crippen molar-refractivity contribution in [2.45, 2.75) is 495 Å². The van der Waals surface area contributed by atoms with Crippen molar-refractivity contribution in [2.24, 2.45) is 46.8 Å². The second-order valence-corrected chi connectivity index (χ2v) is 36.8. The van der Waals surface area contributed by atoms with Crippen LogP contribution in [0.15, 0.2) is 0 Å². The van der Waals surface area contributed by atoms with Gasteiger partial charge in [-0.1, -0.05) is 222 Å². The van der Waals surface area contributed by atoms with Crippen LogP contribution in [0, 0.1) is 46.8 Å². The van der Waals surface area contributed by atoms with Crippen molar-refractivity contribution in [3.05, 3.63) is 0 Å². The summed E-state index contributed by atoms with van der Waals surface area (Å²) in [5.74, 6) is 6.57. The van der Waals surface area contributed by atoms with Crippen LogP contribution in [-0.2, 0) is 0 Å². The Morgan fingerprint density at radius 3 is 0.928 bits per heavy atom. The van der Waals surface area contributed by atoms with Gasteiger partial charge in [0.05, 0.1) is 0 Å². The minimum atomic E-state index is 0. The normalized spacial score (nSPS) is 25.2. The Balaban J connectivity index is -0.000000149. The first-order valence-corrected chi connectivity index (χ1v) is 48.5. The Labute approximate surface area is 710 Å². The van der Waals surface area contributed by atoms with E-state index in [4.69, 9.17) is 0 Å². The summed E-state index contributed by atoms with van der Waals surface area (Å²) >= 11 is 0. The molecule has 13 aliphatic rings. The molecule has 12 saturated heterocycles. The molecule has 9 atom stereocenters. The maximum Gasteiger partial charge on any atom is 0.0247 e. The lowest BCUT2D eigenvalue weighted by Gasteiger charge is -2.62. The second kappa shape index (κ2) is 73.5. The molecule has 11 nitrogen and oxygen atoms in total. The number of hydrogen-bond acceptors (Lipinski definition) is 11. The molecule has 5 unspecified atom stereocenters. The summed E-state index contributed by atoms with van der Waals surface area (Å²) in [7, 11) is 0. The first-order valence-electron chi connectivity index (χ1n) is 48.5. The Morgan fingerprint density at radius 1 is 0.288 bits per heavy atom. The summed E-state index contributed by atoms with van der Waals surface area (Å²) in [6, 6.07) is 9.40. The topological polar surface area (TPSA) is 44.4 Å². The van der Waals surface area contributed by atoms with Crippen LogP contribution in [0.5, 0.6) is 0 Å². The van der Waals surface area contributed by atoms with Gasteiger partial charge in [0, 0.05) is 187 Å². The molecule has 0 radical (unpaired) electrons. The van der Waals surface area contributed by atoms with E-state index in [1.165, 1.54) is 176 Å². The van der Waals surface area contributed by atoms with E-state index in [-0.39, 0.29) is 14.9 Å². The summed E-state index contributed by atoms with van der Waals surface area (Å²) in [6.07, 6.45) is 13.0. The van der Waals surface area contributed by atoms with Crippen LogP contribution in [0.1, 0.15) is 412 Å². The third-order valence-corrected chi connectivity index (χ3v) is 21.9. The van der Waals surface area contributed by atoms with E-state index in [1.807, 2.05) is 138 Å². The van der Waals surface area contributed by atoms with Crippen molar-refractivity contribution < 1.29 is 0 Å². The van der Waals surface area contributed by atoms with E-state index in [1.54, 1.807) is 0 Å². The predicted molar refractivity (Wildman–Crippen MR) is 520 cm³/mol. The predicted octanol–water partition coefficient (Wildman–Crippen LogP) is 26.5. The number of rotatable bonds is 7. The van der Waals surface area contributed by atoms with Gasteiger partial charge in [-0.05, 0) is 251 Å². The van der Waals surface area contributed by atoms with Crippen LogP contribution >= 0.6 is 0 Å². The highest BCUT2D eigenvalue weighted by atomic mass is 15.4. The maximum atomic E-state index is 3.38. The van der Waals surface area contributed by atoms with E-state index in [0.717, 1.165) is 114 Å². The molecule has 1 spiro atoms. The fourth-order valence-corrected chi connectivity index (χ4v) is 16.8. The lowest BCUT2D eigenvalue weighted by Crippen LogP contribution is -2.73. The molecule has 13 rings (SSSR count). The first-order chi connectivity index (χ1) is 51.3. The molecule has 111 heavy (non-hydrogen) atoms. The lowest BCUT2D eigenvalue weighted by atomic mass is 9.81. The van der Waals surface area contributed by atoms with Gasteiger partial charge >= 0.3 is 0 Å². The molecule has 12 heterocycles. The van der Waals surface area contributed by atoms with Gasteiger partial charge in [-0.25, -0.2) is 0 Å². The first kappa shape index (κ1) is 129. The molecule has 1 N–H and O–H groups in total. The van der Waals surface area contributed by atoms with Gasteiger partial charge in [0.25, 0.3) is 0 Å². The van der Waals surface area contributed by atoms with Gasteiger partial charge in [-0.15, -0.1) is 0 Å². The van der Waals surface area contributed by atoms with Crippen molar-refractivity contribution in [2.75, 3.05) is 118 Å². The second-order valence-electron chi connectivity index (χ2n) is 36.8. The Hall–Kier alpha value is -0.440. The van der Waals surface area contributed by atoms with Crippen LogP contribution < -0.4 is 5.32 Å². The molecule has 13 fully saturated rings. The zero-order valence-corrected chi connectivity index (χ0v) is 85.5. The highest BCUT2D eigenvalue weighted by molar-refractivity contribution is 5.07. The quantitative estimate of drug-likeness (QED) is 0.265. The minimum absolute atomic E-state index is 0. The molecule has 0 amide bonds. The van der Waals surface area contributed by atoms with Crippen molar-refractivity contribution in [1.82, 2.24) is 54.3 Å². The summed E-state index contributed by atoms with van der Waals surface area (Å²) in [5, 5.41) is 3.38. The zero-order valence-electron chi connectivity index (χ0n) is 85.5. The van der Waals surface area contributed by atoms with Gasteiger partial charge < -0.3 is 24.9 Å². The molecule has 684 valence electrons. The SMILES string of the molecule is C.C.CC.CC.CC.CC.CC.CC.CC.CC.CC.CC.CC(C)C.CC(C)C.CC(C)C.CC(C)N1CC2CCCC2C1.CC(C)N1CCC2(CNC2)C1.CC(C)N1CCC2CN(C(C)C)CC2C1.CC(C)N1CCN2CCCC2C1.CC(C)N1C[C@@H]2C[C@H]1CN2C(C)(C)C.CC(C)N1C[C@H]2C[C@@H](C1)N2C(C)(C)C. The van der Waals surface area contributed by atoms with Crippen LogP contribution in [0.4, 0.5) is 0 Å². The number of nitrogens with one attached hydrogen (secondary N) is 1. The van der Waals surface area contributed by atoms with E-state index in [9.17, 15) is 0 Å². The van der Waals surface area contributed by atoms with E-state index in [2.05, 4.69) is 255 Å². The molecule has 4 bridgehead atoms. The largest absolute Gasteiger partial charge is 0.315 e. The molecule has 0 aromatic rings. The van der Waals surface area contributed by atoms with Gasteiger partial charge in [0.15, 0.2) is 0 Å². The summed E-state index contributed by atoms with van der Waals surface area (Å²) in [5.41, 5.74) is 1.42. The maximum absolute atomic E-state index is 3.38. The number of likely N-dealkylation sites (tertiary alicyclic amines) is 6. The smallest absolute Gasteiger partial charge is 0.0247 e. The van der Waals surface area contributed by atoms with Gasteiger partial charge in [0.2, 0.25) is 0 Å². The van der Waals surface area contributed by atoms with Crippen molar-refractivity contribution in [3.63, 3.8) is 0 Å². The van der Waals surface area contributed by atoms with Crippen LogP contribution in [0.2, 0.25) is 0 Å². The number of piperidine rings is 2. The highest BCUT2D eigenvalue weighted by Crippen LogP contribution is 2.41. The Bertz CT molecular complexity index is 1810. The molecule has 1 saturated carbocycles. The molecule has 1 aliphatic carbocycles. The van der Waals surface area contributed by atoms with Crippen LogP contribution in [0.25, 0.3) is 0 Å². The average molecular weight is 1590 g/mol. The molecule has 11 heteroatoms. The van der Waals surface area contributed by atoms with E-state index >= 15 is 0 Å². The Morgan fingerprint density at radius 2 is 0.622 bits per heavy atom. The van der Waals surface area contributed by atoms with Gasteiger partial charge in [-0.2, -0.15) is 0 Å². The number of fused-ring (bicyclic) bond motifs is 7. The molecule has 12 aliphatic heterocycles. The molecular formula is C100H229N11. The standard InChI is InChI=1S/C13H26N2.2C12H24N2.C10H20N2.C10H19N.C9H18N2.3C4H10.10C2H6.2CH4/c1-10(2)14-6-5-12-7-15(11(3)4)9-13(12)8-14;1-9(2)13-7-11-6-10(13)8-14(11)12(3,4)5;1-9(2)13-7-10-6-11(8-13)14(10)12(3,4)5;1-9(2)12-7-6-11-5-3-4-10(11)8-12;1-8(2)11-6-9-4-3-5-10(9)7-11;1-8(2)11-4-3-9(7-11)5-10-6-9;3*1-4(2)3;10*1-2;;/h10-13H,5-9H2,1-4H3;2*9-11H,6-8H2,1-5H3;9-10H,3-8H2,1-2H3;8-10H,3-7H2,1-2H3;8,10H,3-7H2,1-2H3;3*4H,1-3H3;10*1-2H3;2*1H4/t;10-,11-;10-,11+;;;;;;;;;;;;;;;;;;/m.0.................../s1. The van der Waals surface area contributed by atoms with E-state index < -0.39 is 0 Å². The molecule has 0 aromatic carbocycles. The van der Waals surface area contributed by atoms with Crippen LogP contribution in [-0.4, -0.2) is 250 Å². The average Bonchev–Trinajstić information content (AvgIpc) is 1.34. The summed E-state index contributed by atoms with van der Waals surface area (Å²) in [6.45, 7) is 130. The lowest BCUT2D eigenvalue weighted by molar-refractivity contribution is -0.125. The third-order valence-electron chi connectivity index (χ3n) is 21.9. The van der Waals surface area contributed by atoms with Crippen molar-refractivity contribution >= 4 is 0 Å². The minimum Gasteiger partial charge on any atom is -0.315 e. The summed E-state index contributed by atoms with van der Waals surface area (Å²) < 4.78 is 0. The fraction of sp³-hybridized carbons (Fsp3) is 1.00. The third kappa shape index (κ3) is 51.7. The molecule has 0 aromatic heterocycles. The van der Waals surface area contributed by atoms with Gasteiger partial charge in [-0.3, -0.25) is 29.4 Å². The van der Waals surface area contributed by atoms with Crippen molar-refractivity contribution in [3.8, 4) is 0 Å². The van der Waals surface area contributed by atoms with Crippen molar-refractivity contribution in [1.29, 1.82) is 0 Å². The number of nitrogens with zero attached hydrogens (tertiary/aromatic N) is 10. The molecular weight excluding hydrogens is 1360 g/mol. The van der Waals surface area contributed by atoms with Gasteiger partial charge in [0.1, 0.15) is 0 Å². The number of hydrogen-bond donors (Lipinski definition) is 1. The number of piperazine rings is 3. The Kier molecular flexibility index (Phi) is 85.2. The fourth-order valence-electron chi connectivity index (χ4n) is 16.8. The highest BCUT2D eigenvalue weighted by Gasteiger charge is 2.50. The van der Waals surface area contributed by atoms with E-state index in [0.29, 0.717) is 16.5 Å². The zero-order chi connectivity index (χ0) is 87.0. The monoisotopic (exact) mass is 1580 g/mol. The summed E-state index contributed by atoms with van der Waals surface area (Å²) in [4.78, 5) is 26.6. The van der Waals surface area contributed by atoms with Crippen LogP contribution in [0.3, 0.4) is 0 Å².